The largest absolute Gasteiger partial charge is 0.489 e. The summed E-state index contributed by atoms with van der Waals surface area (Å²) in [6.45, 7) is 2.12. The van der Waals surface area contributed by atoms with Crippen LogP contribution in [0, 0.1) is 0 Å². The third-order valence-corrected chi connectivity index (χ3v) is 5.76. The fourth-order valence-electron chi connectivity index (χ4n) is 3.99. The lowest BCUT2D eigenvalue weighted by Gasteiger charge is -2.36. The molecule has 0 aromatic heterocycles. The van der Waals surface area contributed by atoms with E-state index in [0.717, 1.165) is 22.4 Å². The molecule has 4 nitrogen and oxygen atoms in total. The van der Waals surface area contributed by atoms with Gasteiger partial charge in [-0.1, -0.05) is 78.9 Å². The Morgan fingerprint density at radius 3 is 2.23 bits per heavy atom. The summed E-state index contributed by atoms with van der Waals surface area (Å²) >= 11 is 0. The third kappa shape index (κ3) is 4.55. The molecule has 1 amide bonds. The predicted molar refractivity (Wildman–Crippen MR) is 117 cm³/mol. The second-order valence-electron chi connectivity index (χ2n) is 7.63. The summed E-state index contributed by atoms with van der Waals surface area (Å²) in [5.74, 6) is 0.845. The van der Waals surface area contributed by atoms with E-state index in [1.807, 2.05) is 84.9 Å². The monoisotopic (exact) mass is 401 g/mol. The lowest BCUT2D eigenvalue weighted by atomic mass is 9.73. The SMILES string of the molecule is O=C(NCc1ccccc1OCc1ccccc1)C1(c2ccccc2)CCOCC1. The standard InChI is InChI=1S/C26H27NO3/c28-25(26(15-17-29-18-16-26)23-12-5-2-6-13-23)27-19-22-11-7-8-14-24(22)30-20-21-9-3-1-4-10-21/h1-14H,15-20H2,(H,27,28). The van der Waals surface area contributed by atoms with Crippen LogP contribution in [0.5, 0.6) is 5.75 Å². The van der Waals surface area contributed by atoms with E-state index in [0.29, 0.717) is 39.2 Å². The molecular formula is C26H27NO3. The average molecular weight is 402 g/mol. The zero-order valence-electron chi connectivity index (χ0n) is 17.1. The van der Waals surface area contributed by atoms with Gasteiger partial charge in [-0.05, 0) is 30.0 Å². The first-order valence-corrected chi connectivity index (χ1v) is 10.4. The minimum Gasteiger partial charge on any atom is -0.489 e. The van der Waals surface area contributed by atoms with Crippen molar-refractivity contribution < 1.29 is 14.3 Å². The molecule has 0 atom stereocenters. The van der Waals surface area contributed by atoms with E-state index in [2.05, 4.69) is 5.32 Å². The summed E-state index contributed by atoms with van der Waals surface area (Å²) in [4.78, 5) is 13.4. The fraction of sp³-hybridized carbons (Fsp3) is 0.269. The van der Waals surface area contributed by atoms with E-state index in [1.54, 1.807) is 0 Å². The molecule has 1 heterocycles. The first kappa shape index (κ1) is 20.2. The van der Waals surface area contributed by atoms with E-state index in [-0.39, 0.29) is 5.91 Å². The van der Waals surface area contributed by atoms with Crippen LogP contribution in [-0.2, 0) is 28.1 Å². The fourth-order valence-corrected chi connectivity index (χ4v) is 3.99. The molecule has 0 spiro atoms. The number of nitrogens with one attached hydrogen (secondary N) is 1. The van der Waals surface area contributed by atoms with Gasteiger partial charge in [-0.25, -0.2) is 0 Å². The topological polar surface area (TPSA) is 47.6 Å². The van der Waals surface area contributed by atoms with E-state index in [9.17, 15) is 4.79 Å². The Hall–Kier alpha value is -3.11. The molecule has 1 saturated heterocycles. The lowest BCUT2D eigenvalue weighted by molar-refractivity contribution is -0.130. The van der Waals surface area contributed by atoms with Crippen molar-refractivity contribution in [2.24, 2.45) is 0 Å². The number of carbonyl (C=O) groups excluding carboxylic acids is 1. The predicted octanol–water partition coefficient (Wildman–Crippen LogP) is 4.63. The van der Waals surface area contributed by atoms with E-state index in [1.165, 1.54) is 0 Å². The molecule has 1 aliphatic heterocycles. The first-order valence-electron chi connectivity index (χ1n) is 10.4. The van der Waals surface area contributed by atoms with Gasteiger partial charge in [-0.15, -0.1) is 0 Å². The number of benzene rings is 3. The van der Waals surface area contributed by atoms with Crippen molar-refractivity contribution in [3.8, 4) is 5.75 Å². The van der Waals surface area contributed by atoms with Crippen molar-refractivity contribution in [2.75, 3.05) is 13.2 Å². The van der Waals surface area contributed by atoms with E-state index < -0.39 is 5.41 Å². The number of para-hydroxylation sites is 1. The zero-order valence-corrected chi connectivity index (χ0v) is 17.1. The van der Waals surface area contributed by atoms with Crippen molar-refractivity contribution in [3.05, 3.63) is 102 Å². The first-order chi connectivity index (χ1) is 14.8. The van der Waals surface area contributed by atoms with Crippen LogP contribution >= 0.6 is 0 Å². The molecule has 4 heteroatoms. The minimum absolute atomic E-state index is 0.0508. The van der Waals surface area contributed by atoms with Crippen LogP contribution in [-0.4, -0.2) is 19.1 Å². The van der Waals surface area contributed by atoms with Crippen LogP contribution in [0.1, 0.15) is 29.5 Å². The number of rotatable bonds is 7. The second kappa shape index (κ2) is 9.59. The van der Waals surface area contributed by atoms with E-state index in [4.69, 9.17) is 9.47 Å². The van der Waals surface area contributed by atoms with Gasteiger partial charge < -0.3 is 14.8 Å². The Labute approximate surface area is 177 Å². The summed E-state index contributed by atoms with van der Waals surface area (Å²) < 4.78 is 11.6. The number of ether oxygens (including phenoxy) is 2. The maximum atomic E-state index is 13.4. The molecule has 1 N–H and O–H groups in total. The number of carbonyl (C=O) groups is 1. The van der Waals surface area contributed by atoms with E-state index >= 15 is 0 Å². The Bertz CT molecular complexity index is 950. The quantitative estimate of drug-likeness (QED) is 0.628. The Morgan fingerprint density at radius 1 is 0.867 bits per heavy atom. The van der Waals surface area contributed by atoms with Gasteiger partial charge in [-0.2, -0.15) is 0 Å². The highest BCUT2D eigenvalue weighted by Crippen LogP contribution is 2.35. The van der Waals surface area contributed by atoms with Crippen LogP contribution < -0.4 is 10.1 Å². The molecule has 0 aliphatic carbocycles. The highest BCUT2D eigenvalue weighted by molar-refractivity contribution is 5.88. The van der Waals surface area contributed by atoms with Crippen molar-refractivity contribution in [2.45, 2.75) is 31.4 Å². The summed E-state index contributed by atoms with van der Waals surface area (Å²) in [6.07, 6.45) is 1.38. The smallest absolute Gasteiger partial charge is 0.231 e. The summed E-state index contributed by atoms with van der Waals surface area (Å²) in [6, 6.07) is 28.0. The van der Waals surface area contributed by atoms with Crippen molar-refractivity contribution in [1.29, 1.82) is 0 Å². The second-order valence-corrected chi connectivity index (χ2v) is 7.63. The Kier molecular flexibility index (Phi) is 6.45. The Morgan fingerprint density at radius 2 is 1.50 bits per heavy atom. The molecular weight excluding hydrogens is 374 g/mol. The summed E-state index contributed by atoms with van der Waals surface area (Å²) in [7, 11) is 0. The maximum absolute atomic E-state index is 13.4. The molecule has 0 bridgehead atoms. The molecule has 3 aromatic carbocycles. The van der Waals surface area contributed by atoms with Gasteiger partial charge in [0.2, 0.25) is 5.91 Å². The normalized spacial score (nSPS) is 15.3. The molecule has 4 rings (SSSR count). The molecule has 154 valence electrons. The minimum atomic E-state index is -0.542. The maximum Gasteiger partial charge on any atom is 0.231 e. The van der Waals surface area contributed by atoms with Crippen LogP contribution in [0.2, 0.25) is 0 Å². The third-order valence-electron chi connectivity index (χ3n) is 5.76. The van der Waals surface area contributed by atoms with Crippen molar-refractivity contribution in [3.63, 3.8) is 0 Å². The highest BCUT2D eigenvalue weighted by Gasteiger charge is 2.41. The molecule has 3 aromatic rings. The van der Waals surface area contributed by atoms with Crippen LogP contribution in [0.4, 0.5) is 0 Å². The number of hydrogen-bond acceptors (Lipinski definition) is 3. The van der Waals surface area contributed by atoms with Crippen LogP contribution in [0.3, 0.4) is 0 Å². The molecule has 30 heavy (non-hydrogen) atoms. The Balaban J connectivity index is 1.46. The zero-order chi connectivity index (χ0) is 20.7. The van der Waals surface area contributed by atoms with Gasteiger partial charge in [0.15, 0.2) is 0 Å². The average Bonchev–Trinajstić information content (AvgIpc) is 2.83. The summed E-state index contributed by atoms with van der Waals surface area (Å²) in [5, 5.41) is 3.17. The summed E-state index contributed by atoms with van der Waals surface area (Å²) in [5.41, 5.74) is 2.59. The van der Waals surface area contributed by atoms with Gasteiger partial charge in [0.1, 0.15) is 12.4 Å². The molecule has 0 saturated carbocycles. The van der Waals surface area contributed by atoms with Crippen LogP contribution in [0.25, 0.3) is 0 Å². The molecule has 1 fully saturated rings. The van der Waals surface area contributed by atoms with Crippen LogP contribution in [0.15, 0.2) is 84.9 Å². The highest BCUT2D eigenvalue weighted by atomic mass is 16.5. The van der Waals surface area contributed by atoms with Gasteiger partial charge in [0, 0.05) is 25.3 Å². The molecule has 0 radical (unpaired) electrons. The number of hydrogen-bond donors (Lipinski definition) is 1. The van der Waals surface area contributed by atoms with Gasteiger partial charge in [0.05, 0.1) is 5.41 Å². The van der Waals surface area contributed by atoms with Gasteiger partial charge >= 0.3 is 0 Å². The van der Waals surface area contributed by atoms with Gasteiger partial charge in [0.25, 0.3) is 0 Å². The van der Waals surface area contributed by atoms with Gasteiger partial charge in [-0.3, -0.25) is 4.79 Å². The molecule has 0 unspecified atom stereocenters. The molecule has 1 aliphatic rings. The van der Waals surface area contributed by atoms with Crippen molar-refractivity contribution >= 4 is 5.91 Å². The lowest BCUT2D eigenvalue weighted by Crippen LogP contribution is -2.47. The number of amides is 1. The van der Waals surface area contributed by atoms with Crippen molar-refractivity contribution in [1.82, 2.24) is 5.32 Å².